The molecule has 1 amide bonds. The number of hydrogen-bond donors (Lipinski definition) is 1. The summed E-state index contributed by atoms with van der Waals surface area (Å²) >= 11 is 6.22. The molecule has 1 N–H and O–H groups in total. The average Bonchev–Trinajstić information content (AvgIpc) is 3.40. The third-order valence-electron chi connectivity index (χ3n) is 6.29. The van der Waals surface area contributed by atoms with Crippen molar-refractivity contribution in [3.05, 3.63) is 63.7 Å². The van der Waals surface area contributed by atoms with Crippen molar-refractivity contribution >= 4 is 29.1 Å². The molecule has 2 aliphatic rings. The molecular formula is C25H26ClNO5. The van der Waals surface area contributed by atoms with E-state index in [-0.39, 0.29) is 28.7 Å². The van der Waals surface area contributed by atoms with E-state index in [1.165, 1.54) is 26.4 Å². The summed E-state index contributed by atoms with van der Waals surface area (Å²) in [4.78, 5) is 28.1. The van der Waals surface area contributed by atoms with E-state index >= 15 is 0 Å². The Kier molecular flexibility index (Phi) is 6.15. The molecular weight excluding hydrogens is 430 g/mol. The maximum atomic E-state index is 13.3. The Bertz CT molecular complexity index is 1100. The number of Topliss-reactive ketones (excluding diaryl/α,β-unsaturated/α-hetero) is 1. The van der Waals surface area contributed by atoms with Crippen LogP contribution in [0.15, 0.2) is 42.0 Å². The molecule has 0 bridgehead atoms. The molecule has 32 heavy (non-hydrogen) atoms. The summed E-state index contributed by atoms with van der Waals surface area (Å²) in [6.45, 7) is 1.96. The lowest BCUT2D eigenvalue weighted by atomic mass is 9.93. The summed E-state index contributed by atoms with van der Waals surface area (Å²) in [5.41, 5.74) is 2.09. The molecule has 2 aromatic rings. The number of amides is 1. The largest absolute Gasteiger partial charge is 0.507 e. The van der Waals surface area contributed by atoms with Crippen molar-refractivity contribution in [2.45, 2.75) is 44.7 Å². The van der Waals surface area contributed by atoms with Crippen molar-refractivity contribution in [2.24, 2.45) is 0 Å². The van der Waals surface area contributed by atoms with Gasteiger partial charge >= 0.3 is 0 Å². The number of methoxy groups -OCH3 is 2. The molecule has 1 saturated carbocycles. The number of ether oxygens (including phenoxy) is 2. The number of rotatable bonds is 5. The van der Waals surface area contributed by atoms with Gasteiger partial charge < -0.3 is 19.5 Å². The first-order valence-electron chi connectivity index (χ1n) is 10.7. The molecule has 1 aliphatic carbocycles. The Morgan fingerprint density at radius 1 is 1.06 bits per heavy atom. The van der Waals surface area contributed by atoms with Gasteiger partial charge in [-0.3, -0.25) is 9.59 Å². The van der Waals surface area contributed by atoms with Crippen LogP contribution in [-0.2, 0) is 9.59 Å². The van der Waals surface area contributed by atoms with E-state index in [1.54, 1.807) is 4.90 Å². The highest BCUT2D eigenvalue weighted by Crippen LogP contribution is 2.45. The molecule has 1 saturated heterocycles. The van der Waals surface area contributed by atoms with Crippen molar-refractivity contribution in [3.63, 3.8) is 0 Å². The molecule has 0 spiro atoms. The summed E-state index contributed by atoms with van der Waals surface area (Å²) in [5.74, 6) is -0.974. The zero-order chi connectivity index (χ0) is 23.0. The van der Waals surface area contributed by atoms with E-state index in [2.05, 4.69) is 0 Å². The normalized spacial score (nSPS) is 20.8. The third-order valence-corrected chi connectivity index (χ3v) is 6.58. The van der Waals surface area contributed by atoms with Crippen molar-refractivity contribution in [1.29, 1.82) is 0 Å². The highest BCUT2D eigenvalue weighted by atomic mass is 35.5. The number of aliphatic hydroxyl groups is 1. The molecule has 0 aromatic heterocycles. The number of aliphatic hydroxyl groups excluding tert-OH is 1. The third kappa shape index (κ3) is 3.73. The van der Waals surface area contributed by atoms with Gasteiger partial charge in [0.25, 0.3) is 11.7 Å². The van der Waals surface area contributed by atoms with Gasteiger partial charge in [0.05, 0.1) is 36.4 Å². The molecule has 1 heterocycles. The molecule has 4 rings (SSSR count). The van der Waals surface area contributed by atoms with Crippen molar-refractivity contribution in [2.75, 3.05) is 14.2 Å². The smallest absolute Gasteiger partial charge is 0.295 e. The Morgan fingerprint density at radius 2 is 1.75 bits per heavy atom. The second-order valence-corrected chi connectivity index (χ2v) is 8.65. The van der Waals surface area contributed by atoms with E-state index in [0.29, 0.717) is 10.8 Å². The Labute approximate surface area is 192 Å². The van der Waals surface area contributed by atoms with E-state index in [1.807, 2.05) is 31.2 Å². The lowest BCUT2D eigenvalue weighted by Crippen LogP contribution is -2.37. The summed E-state index contributed by atoms with van der Waals surface area (Å²) in [6.07, 6.45) is 3.70. The lowest BCUT2D eigenvalue weighted by molar-refractivity contribution is -0.141. The average molecular weight is 456 g/mol. The minimum Gasteiger partial charge on any atom is -0.507 e. The van der Waals surface area contributed by atoms with Crippen LogP contribution in [0.25, 0.3) is 5.76 Å². The topological polar surface area (TPSA) is 76.1 Å². The first kappa shape index (κ1) is 22.2. The fourth-order valence-corrected chi connectivity index (χ4v) is 5.00. The number of carbonyl (C=O) groups excluding carboxylic acids is 2. The minimum atomic E-state index is -0.697. The van der Waals surface area contributed by atoms with E-state index in [4.69, 9.17) is 21.1 Å². The molecule has 168 valence electrons. The second kappa shape index (κ2) is 8.87. The summed E-state index contributed by atoms with van der Waals surface area (Å²) < 4.78 is 10.7. The SMILES string of the molecule is COc1cc(/C(O)=C2\C(=O)C(=O)N(C3CCCC3)C2c2cccc(C)c2)c(OC)cc1Cl. The number of nitrogens with zero attached hydrogens (tertiary/aromatic N) is 1. The van der Waals surface area contributed by atoms with Crippen molar-refractivity contribution in [1.82, 2.24) is 4.90 Å². The molecule has 1 unspecified atom stereocenters. The molecule has 1 atom stereocenters. The minimum absolute atomic E-state index is 0.0380. The first-order chi connectivity index (χ1) is 15.4. The molecule has 7 heteroatoms. The lowest BCUT2D eigenvalue weighted by Gasteiger charge is -2.31. The number of likely N-dealkylation sites (tertiary alicyclic amines) is 1. The van der Waals surface area contributed by atoms with Crippen LogP contribution in [0.3, 0.4) is 0 Å². The zero-order valence-electron chi connectivity index (χ0n) is 18.4. The highest BCUT2D eigenvalue weighted by Gasteiger charge is 2.49. The van der Waals surface area contributed by atoms with Gasteiger partial charge in [0.2, 0.25) is 0 Å². The van der Waals surface area contributed by atoms with Crippen LogP contribution < -0.4 is 9.47 Å². The van der Waals surface area contributed by atoms with Crippen LogP contribution in [0, 0.1) is 6.92 Å². The molecule has 2 fully saturated rings. The van der Waals surface area contributed by atoms with Gasteiger partial charge in [-0.25, -0.2) is 0 Å². The van der Waals surface area contributed by atoms with Crippen LogP contribution in [0.2, 0.25) is 5.02 Å². The summed E-state index contributed by atoms with van der Waals surface area (Å²) in [5, 5.41) is 11.7. The van der Waals surface area contributed by atoms with Gasteiger partial charge in [-0.2, -0.15) is 0 Å². The Morgan fingerprint density at radius 3 is 2.38 bits per heavy atom. The Hall–Kier alpha value is -2.99. The van der Waals surface area contributed by atoms with Gasteiger partial charge in [-0.15, -0.1) is 0 Å². The number of ketones is 1. The van der Waals surface area contributed by atoms with Crippen molar-refractivity contribution < 1.29 is 24.2 Å². The van der Waals surface area contributed by atoms with Gasteiger partial charge in [0, 0.05) is 12.1 Å². The number of aryl methyl sites for hydroxylation is 1. The zero-order valence-corrected chi connectivity index (χ0v) is 19.1. The number of hydrogen-bond acceptors (Lipinski definition) is 5. The monoisotopic (exact) mass is 455 g/mol. The van der Waals surface area contributed by atoms with Gasteiger partial charge in [-0.05, 0) is 31.4 Å². The maximum absolute atomic E-state index is 13.3. The van der Waals surface area contributed by atoms with Crippen LogP contribution in [0.5, 0.6) is 11.5 Å². The predicted octanol–water partition coefficient (Wildman–Crippen LogP) is 5.03. The molecule has 0 radical (unpaired) electrons. The summed E-state index contributed by atoms with van der Waals surface area (Å²) in [7, 11) is 2.91. The Balaban J connectivity index is 1.95. The van der Waals surface area contributed by atoms with E-state index in [9.17, 15) is 14.7 Å². The maximum Gasteiger partial charge on any atom is 0.295 e. The standard InChI is InChI=1S/C25H26ClNO5/c1-14-7-6-8-15(11-14)22-21(24(29)25(30)27(22)16-9-4-5-10-16)23(28)17-12-20(32-3)18(26)13-19(17)31-2/h6-8,11-13,16,22,28H,4-5,9-10H2,1-3H3/b23-21+. The molecule has 2 aromatic carbocycles. The summed E-state index contributed by atoms with van der Waals surface area (Å²) in [6, 6.07) is 10.0. The molecule has 1 aliphatic heterocycles. The van der Waals surface area contributed by atoms with E-state index in [0.717, 1.165) is 36.8 Å². The van der Waals surface area contributed by atoms with Crippen LogP contribution >= 0.6 is 11.6 Å². The van der Waals surface area contributed by atoms with Gasteiger partial charge in [0.15, 0.2) is 0 Å². The van der Waals surface area contributed by atoms with Gasteiger partial charge in [0.1, 0.15) is 17.3 Å². The van der Waals surface area contributed by atoms with Crippen molar-refractivity contribution in [3.8, 4) is 11.5 Å². The van der Waals surface area contributed by atoms with Crippen LogP contribution in [0.1, 0.15) is 48.4 Å². The first-order valence-corrected chi connectivity index (χ1v) is 11.0. The second-order valence-electron chi connectivity index (χ2n) is 8.25. The van der Waals surface area contributed by atoms with Gasteiger partial charge in [-0.1, -0.05) is 54.3 Å². The number of benzene rings is 2. The predicted molar refractivity (Wildman–Crippen MR) is 122 cm³/mol. The van der Waals surface area contributed by atoms with E-state index < -0.39 is 17.7 Å². The van der Waals surface area contributed by atoms with Crippen LogP contribution in [-0.4, -0.2) is 42.0 Å². The fourth-order valence-electron chi connectivity index (χ4n) is 4.77. The highest BCUT2D eigenvalue weighted by molar-refractivity contribution is 6.46. The number of halogens is 1. The molecule has 6 nitrogen and oxygen atoms in total. The quantitative estimate of drug-likeness (QED) is 0.388. The van der Waals surface area contributed by atoms with Crippen LogP contribution in [0.4, 0.5) is 0 Å². The fraction of sp³-hybridized carbons (Fsp3) is 0.360. The number of carbonyl (C=O) groups is 2.